The van der Waals surface area contributed by atoms with Crippen LogP contribution in [0.25, 0.3) is 0 Å². The van der Waals surface area contributed by atoms with E-state index in [1.807, 2.05) is 0 Å². The number of amides is 1. The molecule has 4 heteroatoms. The van der Waals surface area contributed by atoms with Crippen LogP contribution in [0.15, 0.2) is 0 Å². The third kappa shape index (κ3) is 3.78. The van der Waals surface area contributed by atoms with E-state index in [1.54, 1.807) is 0 Å². The average molecular weight is 295 g/mol. The van der Waals surface area contributed by atoms with Gasteiger partial charge in [0.1, 0.15) is 0 Å². The van der Waals surface area contributed by atoms with Gasteiger partial charge >= 0.3 is 0 Å². The Hall–Kier alpha value is -0.610. The summed E-state index contributed by atoms with van der Waals surface area (Å²) in [5.74, 6) is 0.0273. The monoisotopic (exact) mass is 295 g/mol. The Kier molecular flexibility index (Phi) is 4.55. The number of hydrogen-bond acceptors (Lipinski definition) is 3. The highest BCUT2D eigenvalue weighted by Crippen LogP contribution is 2.40. The van der Waals surface area contributed by atoms with Gasteiger partial charge in [0.15, 0.2) is 0 Å². The summed E-state index contributed by atoms with van der Waals surface area (Å²) >= 11 is 0. The van der Waals surface area contributed by atoms with E-state index in [-0.39, 0.29) is 24.0 Å². The van der Waals surface area contributed by atoms with Crippen molar-refractivity contribution in [3.05, 3.63) is 0 Å². The summed E-state index contributed by atoms with van der Waals surface area (Å²) < 4.78 is 6.01. The molecule has 1 spiro atoms. The van der Waals surface area contributed by atoms with Crippen LogP contribution in [0.1, 0.15) is 77.0 Å². The van der Waals surface area contributed by atoms with Crippen LogP contribution in [0, 0.1) is 0 Å². The van der Waals surface area contributed by atoms with E-state index < -0.39 is 5.60 Å². The van der Waals surface area contributed by atoms with Crippen LogP contribution in [-0.2, 0) is 9.53 Å². The molecule has 3 aliphatic rings. The topological polar surface area (TPSA) is 58.6 Å². The Morgan fingerprint density at radius 3 is 2.48 bits per heavy atom. The fraction of sp³-hybridized carbons (Fsp3) is 0.941. The van der Waals surface area contributed by atoms with E-state index in [1.165, 1.54) is 19.3 Å². The SMILES string of the molecule is O=C(CC1(O)CCCCC1)NC1CCOC2(CCCC2)C1. The molecule has 1 heterocycles. The van der Waals surface area contributed by atoms with Crippen LogP contribution in [0.5, 0.6) is 0 Å². The first kappa shape index (κ1) is 15.3. The van der Waals surface area contributed by atoms with Crippen LogP contribution < -0.4 is 5.32 Å². The number of carbonyl (C=O) groups excluding carboxylic acids is 1. The summed E-state index contributed by atoms with van der Waals surface area (Å²) in [6.07, 6.45) is 11.8. The van der Waals surface area contributed by atoms with E-state index in [2.05, 4.69) is 5.32 Å². The molecule has 2 aliphatic carbocycles. The average Bonchev–Trinajstić information content (AvgIpc) is 2.86. The quantitative estimate of drug-likeness (QED) is 0.841. The lowest BCUT2D eigenvalue weighted by Gasteiger charge is -2.39. The van der Waals surface area contributed by atoms with Crippen molar-refractivity contribution in [3.63, 3.8) is 0 Å². The van der Waals surface area contributed by atoms with E-state index in [0.29, 0.717) is 0 Å². The highest BCUT2D eigenvalue weighted by Gasteiger charge is 2.40. The van der Waals surface area contributed by atoms with E-state index in [9.17, 15) is 9.90 Å². The van der Waals surface area contributed by atoms with Gasteiger partial charge in [0.2, 0.25) is 5.91 Å². The molecule has 120 valence electrons. The maximum absolute atomic E-state index is 12.3. The molecule has 0 aromatic carbocycles. The largest absolute Gasteiger partial charge is 0.389 e. The Morgan fingerprint density at radius 2 is 1.76 bits per heavy atom. The highest BCUT2D eigenvalue weighted by atomic mass is 16.5. The van der Waals surface area contributed by atoms with Crippen LogP contribution in [0.2, 0.25) is 0 Å². The maximum Gasteiger partial charge on any atom is 0.223 e. The molecule has 0 aromatic heterocycles. The molecule has 0 bridgehead atoms. The molecule has 0 aromatic rings. The molecule has 21 heavy (non-hydrogen) atoms. The van der Waals surface area contributed by atoms with Gasteiger partial charge in [0, 0.05) is 12.6 Å². The summed E-state index contributed by atoms with van der Waals surface area (Å²) in [4.78, 5) is 12.3. The summed E-state index contributed by atoms with van der Waals surface area (Å²) in [6.45, 7) is 0.759. The van der Waals surface area contributed by atoms with Crippen molar-refractivity contribution in [2.24, 2.45) is 0 Å². The predicted octanol–water partition coefficient (Wildman–Crippen LogP) is 2.68. The molecule has 1 unspecified atom stereocenters. The Morgan fingerprint density at radius 1 is 1.10 bits per heavy atom. The minimum Gasteiger partial charge on any atom is -0.389 e. The molecule has 1 aliphatic heterocycles. The number of carbonyl (C=O) groups is 1. The lowest BCUT2D eigenvalue weighted by molar-refractivity contribution is -0.131. The molecule has 0 radical (unpaired) electrons. The zero-order valence-electron chi connectivity index (χ0n) is 13.0. The van der Waals surface area contributed by atoms with Gasteiger partial charge in [-0.2, -0.15) is 0 Å². The Labute approximate surface area is 127 Å². The standard InChI is InChI=1S/C17H29NO3/c19-15(13-16(20)7-2-1-3-8-16)18-14-6-11-21-17(12-14)9-4-5-10-17/h14,20H,1-13H2,(H,18,19). The van der Waals surface area contributed by atoms with Crippen molar-refractivity contribution < 1.29 is 14.6 Å². The van der Waals surface area contributed by atoms with Gasteiger partial charge in [-0.05, 0) is 38.5 Å². The van der Waals surface area contributed by atoms with Crippen LogP contribution in [0.4, 0.5) is 0 Å². The first-order valence-electron chi connectivity index (χ1n) is 8.75. The number of ether oxygens (including phenoxy) is 1. The number of hydrogen-bond donors (Lipinski definition) is 2. The fourth-order valence-electron chi connectivity index (χ4n) is 4.48. The molecule has 2 N–H and O–H groups in total. The molecule has 3 rings (SSSR count). The maximum atomic E-state index is 12.3. The molecule has 2 saturated carbocycles. The summed E-state index contributed by atoms with van der Waals surface area (Å²) in [5.41, 5.74) is -0.712. The number of rotatable bonds is 3. The molecule has 1 atom stereocenters. The van der Waals surface area contributed by atoms with Crippen molar-refractivity contribution in [1.82, 2.24) is 5.32 Å². The van der Waals surface area contributed by atoms with Gasteiger partial charge in [0.25, 0.3) is 0 Å². The first-order valence-corrected chi connectivity index (χ1v) is 8.75. The third-order valence-electron chi connectivity index (χ3n) is 5.65. The molecule has 1 saturated heterocycles. The summed E-state index contributed by atoms with van der Waals surface area (Å²) in [5, 5.41) is 13.7. The smallest absolute Gasteiger partial charge is 0.223 e. The zero-order chi connectivity index (χ0) is 14.8. The van der Waals surface area contributed by atoms with E-state index >= 15 is 0 Å². The normalized spacial score (nSPS) is 31.2. The summed E-state index contributed by atoms with van der Waals surface area (Å²) in [6, 6.07) is 0.233. The second-order valence-corrected chi connectivity index (χ2v) is 7.46. The van der Waals surface area contributed by atoms with Gasteiger partial charge in [0.05, 0.1) is 17.6 Å². The fourth-order valence-corrected chi connectivity index (χ4v) is 4.48. The van der Waals surface area contributed by atoms with Crippen LogP contribution in [-0.4, -0.2) is 34.9 Å². The number of nitrogens with one attached hydrogen (secondary N) is 1. The van der Waals surface area contributed by atoms with Gasteiger partial charge in [-0.1, -0.05) is 32.1 Å². The Balaban J connectivity index is 1.50. The minimum atomic E-state index is -0.751. The first-order chi connectivity index (χ1) is 10.1. The Bertz CT molecular complexity index is 370. The summed E-state index contributed by atoms with van der Waals surface area (Å²) in [7, 11) is 0. The molecular formula is C17H29NO3. The molecule has 3 fully saturated rings. The van der Waals surface area contributed by atoms with Crippen molar-refractivity contribution in [1.29, 1.82) is 0 Å². The minimum absolute atomic E-state index is 0.0273. The van der Waals surface area contributed by atoms with Crippen molar-refractivity contribution in [2.75, 3.05) is 6.61 Å². The van der Waals surface area contributed by atoms with E-state index in [4.69, 9.17) is 4.74 Å². The predicted molar refractivity (Wildman–Crippen MR) is 81.0 cm³/mol. The lowest BCUT2D eigenvalue weighted by Crippen LogP contribution is -2.49. The van der Waals surface area contributed by atoms with Gasteiger partial charge in [-0.15, -0.1) is 0 Å². The molecular weight excluding hydrogens is 266 g/mol. The van der Waals surface area contributed by atoms with Crippen molar-refractivity contribution >= 4 is 5.91 Å². The number of aliphatic hydroxyl groups is 1. The third-order valence-corrected chi connectivity index (χ3v) is 5.65. The second-order valence-electron chi connectivity index (χ2n) is 7.46. The van der Waals surface area contributed by atoms with Gasteiger partial charge < -0.3 is 15.2 Å². The van der Waals surface area contributed by atoms with Crippen molar-refractivity contribution in [3.8, 4) is 0 Å². The van der Waals surface area contributed by atoms with Gasteiger partial charge in [-0.25, -0.2) is 0 Å². The molecule has 4 nitrogen and oxygen atoms in total. The zero-order valence-corrected chi connectivity index (χ0v) is 13.0. The van der Waals surface area contributed by atoms with Crippen molar-refractivity contribution in [2.45, 2.75) is 94.3 Å². The second kappa shape index (κ2) is 6.25. The van der Waals surface area contributed by atoms with Gasteiger partial charge in [-0.3, -0.25) is 4.79 Å². The lowest BCUT2D eigenvalue weighted by atomic mass is 9.82. The molecule has 1 amide bonds. The van der Waals surface area contributed by atoms with Crippen LogP contribution in [0.3, 0.4) is 0 Å². The highest BCUT2D eigenvalue weighted by molar-refractivity contribution is 5.77. The van der Waals surface area contributed by atoms with Crippen LogP contribution >= 0.6 is 0 Å². The van der Waals surface area contributed by atoms with E-state index in [0.717, 1.165) is 58.0 Å².